The summed E-state index contributed by atoms with van der Waals surface area (Å²) in [4.78, 5) is 17.5. The molecule has 0 aromatic carbocycles. The van der Waals surface area contributed by atoms with Crippen LogP contribution in [0.3, 0.4) is 0 Å². The van der Waals surface area contributed by atoms with Crippen molar-refractivity contribution in [1.29, 1.82) is 0 Å². The van der Waals surface area contributed by atoms with E-state index in [9.17, 15) is 4.79 Å². The Labute approximate surface area is 112 Å². The van der Waals surface area contributed by atoms with E-state index >= 15 is 0 Å². The lowest BCUT2D eigenvalue weighted by molar-refractivity contribution is 0.815. The maximum Gasteiger partial charge on any atom is 0.199 e. The van der Waals surface area contributed by atoms with Crippen molar-refractivity contribution in [3.63, 3.8) is 0 Å². The quantitative estimate of drug-likeness (QED) is 0.720. The van der Waals surface area contributed by atoms with Gasteiger partial charge in [0.1, 0.15) is 5.01 Å². The standard InChI is InChI=1S/C13H12N2OS2/c1-8-9(2)18-12(14-8)7-15-5-3-11(16)13-10(15)4-6-17-13/h3-6H,7H2,1-2H3. The molecule has 3 rings (SSSR count). The highest BCUT2D eigenvalue weighted by molar-refractivity contribution is 7.17. The predicted octanol–water partition coefficient (Wildman–Crippen LogP) is 3.18. The van der Waals surface area contributed by atoms with Crippen molar-refractivity contribution in [2.45, 2.75) is 20.4 Å². The monoisotopic (exact) mass is 276 g/mol. The topological polar surface area (TPSA) is 34.9 Å². The summed E-state index contributed by atoms with van der Waals surface area (Å²) >= 11 is 3.21. The minimum absolute atomic E-state index is 0.0998. The fourth-order valence-electron chi connectivity index (χ4n) is 1.92. The van der Waals surface area contributed by atoms with Gasteiger partial charge in [0.15, 0.2) is 5.43 Å². The number of hydrogen-bond donors (Lipinski definition) is 0. The molecule has 0 bridgehead atoms. The van der Waals surface area contributed by atoms with Crippen LogP contribution >= 0.6 is 22.7 Å². The summed E-state index contributed by atoms with van der Waals surface area (Å²) in [5, 5.41) is 3.04. The van der Waals surface area contributed by atoms with Crippen molar-refractivity contribution in [3.05, 3.63) is 49.5 Å². The van der Waals surface area contributed by atoms with Crippen LogP contribution in [0.2, 0.25) is 0 Å². The fraction of sp³-hybridized carbons (Fsp3) is 0.231. The second kappa shape index (κ2) is 4.33. The zero-order valence-corrected chi connectivity index (χ0v) is 11.8. The van der Waals surface area contributed by atoms with Gasteiger partial charge in [0.05, 0.1) is 22.5 Å². The average molecular weight is 276 g/mol. The maximum absolute atomic E-state index is 11.7. The van der Waals surface area contributed by atoms with Gasteiger partial charge in [-0.15, -0.1) is 22.7 Å². The molecule has 3 aromatic heterocycles. The molecule has 18 heavy (non-hydrogen) atoms. The normalized spacial score (nSPS) is 11.2. The first-order valence-corrected chi connectivity index (χ1v) is 7.34. The first-order chi connectivity index (χ1) is 8.65. The second-order valence-corrected chi connectivity index (χ2v) is 6.40. The van der Waals surface area contributed by atoms with Crippen molar-refractivity contribution < 1.29 is 0 Å². The number of aromatic nitrogens is 2. The minimum atomic E-state index is 0.0998. The number of pyridine rings is 1. The lowest BCUT2D eigenvalue weighted by atomic mass is 10.3. The van der Waals surface area contributed by atoms with Gasteiger partial charge in [0, 0.05) is 17.1 Å². The highest BCUT2D eigenvalue weighted by atomic mass is 32.1. The Morgan fingerprint density at radius 1 is 1.33 bits per heavy atom. The highest BCUT2D eigenvalue weighted by Gasteiger charge is 2.07. The van der Waals surface area contributed by atoms with Crippen LogP contribution in [0.5, 0.6) is 0 Å². The number of nitrogens with zero attached hydrogens (tertiary/aromatic N) is 2. The Kier molecular flexibility index (Phi) is 2.80. The molecule has 0 fully saturated rings. The van der Waals surface area contributed by atoms with E-state index in [0.717, 1.165) is 27.5 Å². The van der Waals surface area contributed by atoms with Gasteiger partial charge in [-0.25, -0.2) is 4.98 Å². The molecule has 0 amide bonds. The van der Waals surface area contributed by atoms with Crippen molar-refractivity contribution in [2.24, 2.45) is 0 Å². The predicted molar refractivity (Wildman–Crippen MR) is 76.8 cm³/mol. The molecule has 0 radical (unpaired) electrons. The van der Waals surface area contributed by atoms with Crippen molar-refractivity contribution in [2.75, 3.05) is 0 Å². The van der Waals surface area contributed by atoms with Crippen molar-refractivity contribution in [3.8, 4) is 0 Å². The van der Waals surface area contributed by atoms with Gasteiger partial charge in [0.25, 0.3) is 0 Å². The Morgan fingerprint density at radius 2 is 2.17 bits per heavy atom. The number of rotatable bonds is 2. The van der Waals surface area contributed by atoms with Crippen LogP contribution in [0, 0.1) is 13.8 Å². The molecule has 0 spiro atoms. The maximum atomic E-state index is 11.7. The highest BCUT2D eigenvalue weighted by Crippen LogP contribution is 2.21. The summed E-state index contributed by atoms with van der Waals surface area (Å²) in [5.41, 5.74) is 2.19. The summed E-state index contributed by atoms with van der Waals surface area (Å²) in [6.07, 6.45) is 1.85. The first-order valence-electron chi connectivity index (χ1n) is 5.65. The van der Waals surface area contributed by atoms with E-state index < -0.39 is 0 Å². The lowest BCUT2D eigenvalue weighted by Crippen LogP contribution is -2.06. The van der Waals surface area contributed by atoms with Crippen LogP contribution in [0.1, 0.15) is 15.6 Å². The molecule has 3 heterocycles. The number of thiophene rings is 1. The zero-order valence-electron chi connectivity index (χ0n) is 10.1. The number of hydrogen-bond acceptors (Lipinski definition) is 4. The fourth-order valence-corrected chi connectivity index (χ4v) is 3.67. The summed E-state index contributed by atoms with van der Waals surface area (Å²) in [5.74, 6) is 0. The van der Waals surface area contributed by atoms with Gasteiger partial charge in [-0.2, -0.15) is 0 Å². The van der Waals surface area contributed by atoms with Crippen molar-refractivity contribution >= 4 is 32.9 Å². The Morgan fingerprint density at radius 3 is 2.89 bits per heavy atom. The van der Waals surface area contributed by atoms with Crippen LogP contribution in [-0.2, 0) is 6.54 Å². The molecule has 3 nitrogen and oxygen atoms in total. The number of thiazole rings is 1. The molecule has 92 valence electrons. The van der Waals surface area contributed by atoms with E-state index in [1.165, 1.54) is 16.2 Å². The smallest absolute Gasteiger partial charge is 0.199 e. The molecule has 5 heteroatoms. The zero-order chi connectivity index (χ0) is 12.7. The van der Waals surface area contributed by atoms with Gasteiger partial charge in [-0.1, -0.05) is 0 Å². The summed E-state index contributed by atoms with van der Waals surface area (Å²) < 4.78 is 2.91. The van der Waals surface area contributed by atoms with E-state index in [1.54, 1.807) is 17.4 Å². The van der Waals surface area contributed by atoms with E-state index in [4.69, 9.17) is 0 Å². The number of aryl methyl sites for hydroxylation is 2. The molecule has 0 aliphatic heterocycles. The van der Waals surface area contributed by atoms with Gasteiger partial charge >= 0.3 is 0 Å². The molecular formula is C13H12N2OS2. The minimum Gasteiger partial charge on any atom is -0.340 e. The molecule has 0 atom stereocenters. The molecule has 0 aliphatic rings. The van der Waals surface area contributed by atoms with Crippen molar-refractivity contribution in [1.82, 2.24) is 9.55 Å². The summed E-state index contributed by atoms with van der Waals surface area (Å²) in [6.45, 7) is 4.84. The molecular weight excluding hydrogens is 264 g/mol. The van der Waals surface area contributed by atoms with E-state index in [2.05, 4.69) is 16.5 Å². The summed E-state index contributed by atoms with van der Waals surface area (Å²) in [6, 6.07) is 3.63. The van der Waals surface area contributed by atoms with Gasteiger partial charge in [-0.3, -0.25) is 4.79 Å². The summed E-state index contributed by atoms with van der Waals surface area (Å²) in [7, 11) is 0. The average Bonchev–Trinajstić information content (AvgIpc) is 2.92. The molecule has 0 saturated heterocycles. The van der Waals surface area contributed by atoms with Crippen LogP contribution < -0.4 is 5.43 Å². The Balaban J connectivity index is 2.07. The second-order valence-electron chi connectivity index (χ2n) is 4.19. The van der Waals surface area contributed by atoms with Crippen LogP contribution in [0.4, 0.5) is 0 Å². The Hall–Kier alpha value is -1.46. The molecule has 0 unspecified atom stereocenters. The van der Waals surface area contributed by atoms with Gasteiger partial charge < -0.3 is 4.57 Å². The third-order valence-electron chi connectivity index (χ3n) is 2.96. The first kappa shape index (κ1) is 11.6. The lowest BCUT2D eigenvalue weighted by Gasteiger charge is -2.05. The SMILES string of the molecule is Cc1nc(Cn2ccc(=O)c3sccc32)sc1C. The molecule has 3 aromatic rings. The molecule has 0 N–H and O–H groups in total. The van der Waals surface area contributed by atoms with E-state index in [1.807, 2.05) is 24.6 Å². The molecule has 0 aliphatic carbocycles. The Bertz CT molecular complexity index is 747. The third-order valence-corrected chi connectivity index (χ3v) is 4.94. The third kappa shape index (κ3) is 1.89. The van der Waals surface area contributed by atoms with Gasteiger partial charge in [-0.05, 0) is 25.3 Å². The molecule has 0 saturated carbocycles. The van der Waals surface area contributed by atoms with Crippen LogP contribution in [-0.4, -0.2) is 9.55 Å². The van der Waals surface area contributed by atoms with Crippen LogP contribution in [0.25, 0.3) is 10.2 Å². The number of fused-ring (bicyclic) bond motifs is 1. The van der Waals surface area contributed by atoms with E-state index in [0.29, 0.717) is 0 Å². The van der Waals surface area contributed by atoms with Crippen LogP contribution in [0.15, 0.2) is 28.5 Å². The van der Waals surface area contributed by atoms with E-state index in [-0.39, 0.29) is 5.43 Å². The van der Waals surface area contributed by atoms with Gasteiger partial charge in [0.2, 0.25) is 0 Å². The largest absolute Gasteiger partial charge is 0.340 e.